The number of oxime groups is 1. The van der Waals surface area contributed by atoms with Crippen molar-refractivity contribution < 1.29 is 5.21 Å². The fraction of sp³-hybridized carbons (Fsp3) is 0.188. The monoisotopic (exact) mass is 347 g/mol. The second-order valence-corrected chi connectivity index (χ2v) is 5.69. The smallest absolute Gasteiger partial charge is 0.141 e. The van der Waals surface area contributed by atoms with Crippen LogP contribution in [0.25, 0.3) is 0 Å². The molecule has 1 atom stereocenters. The second-order valence-electron chi connectivity index (χ2n) is 4.77. The third-order valence-electron chi connectivity index (χ3n) is 3.19. The summed E-state index contributed by atoms with van der Waals surface area (Å²) in [6, 6.07) is 18.1. The first-order valence-corrected chi connectivity index (χ1v) is 7.47. The van der Waals surface area contributed by atoms with E-state index in [0.29, 0.717) is 13.0 Å². The molecule has 5 heteroatoms. The Bertz CT molecular complexity index is 601. The lowest BCUT2D eigenvalue weighted by molar-refractivity contribution is 0.315. The average molecular weight is 348 g/mol. The number of benzene rings is 2. The Balaban J connectivity index is 2.09. The molecule has 21 heavy (non-hydrogen) atoms. The Morgan fingerprint density at radius 1 is 1.19 bits per heavy atom. The third-order valence-corrected chi connectivity index (χ3v) is 3.68. The van der Waals surface area contributed by atoms with E-state index in [1.807, 2.05) is 42.5 Å². The molecule has 0 aliphatic rings. The van der Waals surface area contributed by atoms with Crippen LogP contribution in [0.2, 0.25) is 0 Å². The molecule has 1 unspecified atom stereocenters. The van der Waals surface area contributed by atoms with Gasteiger partial charge in [-0.05, 0) is 23.3 Å². The van der Waals surface area contributed by atoms with E-state index >= 15 is 0 Å². The van der Waals surface area contributed by atoms with Gasteiger partial charge in [0.15, 0.2) is 0 Å². The van der Waals surface area contributed by atoms with Gasteiger partial charge in [-0.15, -0.1) is 0 Å². The predicted molar refractivity (Wildman–Crippen MR) is 88.2 cm³/mol. The van der Waals surface area contributed by atoms with E-state index in [9.17, 15) is 0 Å². The molecule has 4 N–H and O–H groups in total. The summed E-state index contributed by atoms with van der Waals surface area (Å²) >= 11 is 3.47. The van der Waals surface area contributed by atoms with Gasteiger partial charge in [0.05, 0.1) is 0 Å². The van der Waals surface area contributed by atoms with Gasteiger partial charge in [-0.2, -0.15) is 0 Å². The van der Waals surface area contributed by atoms with Crippen LogP contribution < -0.4 is 11.1 Å². The lowest BCUT2D eigenvalue weighted by atomic mass is 10.0. The van der Waals surface area contributed by atoms with Gasteiger partial charge in [0.1, 0.15) is 5.84 Å². The minimum atomic E-state index is 0.00100. The Labute approximate surface area is 132 Å². The maximum Gasteiger partial charge on any atom is 0.141 e. The van der Waals surface area contributed by atoms with Crippen LogP contribution in [-0.2, 0) is 6.54 Å². The zero-order chi connectivity index (χ0) is 15.1. The average Bonchev–Trinajstić information content (AvgIpc) is 2.52. The summed E-state index contributed by atoms with van der Waals surface area (Å²) in [5.41, 5.74) is 7.94. The number of halogens is 1. The topological polar surface area (TPSA) is 70.6 Å². The highest BCUT2D eigenvalue weighted by atomic mass is 79.9. The molecule has 0 radical (unpaired) electrons. The second kappa shape index (κ2) is 7.81. The van der Waals surface area contributed by atoms with Gasteiger partial charge in [0.25, 0.3) is 0 Å². The quantitative estimate of drug-likeness (QED) is 0.324. The Hall–Kier alpha value is -1.85. The summed E-state index contributed by atoms with van der Waals surface area (Å²) in [7, 11) is 0. The molecule has 0 saturated carbocycles. The maximum atomic E-state index is 8.78. The molecule has 110 valence electrons. The van der Waals surface area contributed by atoms with Crippen LogP contribution >= 0.6 is 15.9 Å². The highest BCUT2D eigenvalue weighted by Gasteiger charge is 2.13. The van der Waals surface area contributed by atoms with Crippen molar-refractivity contribution >= 4 is 21.8 Å². The van der Waals surface area contributed by atoms with Crippen molar-refractivity contribution in [2.24, 2.45) is 10.9 Å². The minimum absolute atomic E-state index is 0.00100. The largest absolute Gasteiger partial charge is 0.409 e. The molecule has 0 heterocycles. The molecular formula is C16H18BrN3O. The standard InChI is InChI=1S/C16H18BrN3O/c17-14-8-4-5-12(9-14)11-19-15(10-16(18)20-21)13-6-2-1-3-7-13/h1-9,15,19,21H,10-11H2,(H2,18,20). The van der Waals surface area contributed by atoms with Crippen LogP contribution in [0.1, 0.15) is 23.6 Å². The first-order chi connectivity index (χ1) is 10.2. The zero-order valence-corrected chi connectivity index (χ0v) is 13.1. The van der Waals surface area contributed by atoms with Crippen LogP contribution in [0.3, 0.4) is 0 Å². The van der Waals surface area contributed by atoms with E-state index in [1.165, 1.54) is 5.56 Å². The Morgan fingerprint density at radius 2 is 1.95 bits per heavy atom. The van der Waals surface area contributed by atoms with E-state index < -0.39 is 0 Å². The van der Waals surface area contributed by atoms with Crippen LogP contribution in [0, 0.1) is 0 Å². The molecular weight excluding hydrogens is 330 g/mol. The molecule has 0 fully saturated rings. The molecule has 0 bridgehead atoms. The van der Waals surface area contributed by atoms with Crippen molar-refractivity contribution in [3.05, 3.63) is 70.2 Å². The lowest BCUT2D eigenvalue weighted by Crippen LogP contribution is -2.26. The molecule has 0 aromatic heterocycles. The fourth-order valence-corrected chi connectivity index (χ4v) is 2.58. The Kier molecular flexibility index (Phi) is 5.78. The summed E-state index contributed by atoms with van der Waals surface area (Å²) in [6.07, 6.45) is 0.453. The summed E-state index contributed by atoms with van der Waals surface area (Å²) < 4.78 is 1.05. The Morgan fingerprint density at radius 3 is 2.62 bits per heavy atom. The van der Waals surface area contributed by atoms with Gasteiger partial charge in [-0.3, -0.25) is 0 Å². The fourth-order valence-electron chi connectivity index (χ4n) is 2.13. The van der Waals surface area contributed by atoms with Gasteiger partial charge >= 0.3 is 0 Å². The lowest BCUT2D eigenvalue weighted by Gasteiger charge is -2.19. The van der Waals surface area contributed by atoms with Gasteiger partial charge in [-0.25, -0.2) is 0 Å². The van der Waals surface area contributed by atoms with Gasteiger partial charge < -0.3 is 16.3 Å². The van der Waals surface area contributed by atoms with E-state index in [4.69, 9.17) is 10.9 Å². The van der Waals surface area contributed by atoms with Gasteiger partial charge in [-0.1, -0.05) is 63.6 Å². The van der Waals surface area contributed by atoms with Crippen LogP contribution in [0.4, 0.5) is 0 Å². The zero-order valence-electron chi connectivity index (χ0n) is 11.5. The van der Waals surface area contributed by atoms with Crippen LogP contribution in [-0.4, -0.2) is 11.0 Å². The molecule has 0 spiro atoms. The SMILES string of the molecule is NC(CC(NCc1cccc(Br)c1)c1ccccc1)=NO. The summed E-state index contributed by atoms with van der Waals surface area (Å²) in [6.45, 7) is 0.706. The van der Waals surface area contributed by atoms with E-state index in [1.54, 1.807) is 0 Å². The number of hydrogen-bond donors (Lipinski definition) is 3. The van der Waals surface area contributed by atoms with E-state index in [-0.39, 0.29) is 11.9 Å². The van der Waals surface area contributed by atoms with Gasteiger partial charge in [0, 0.05) is 23.5 Å². The van der Waals surface area contributed by atoms with Crippen molar-refractivity contribution in [2.75, 3.05) is 0 Å². The first-order valence-electron chi connectivity index (χ1n) is 6.68. The number of amidine groups is 1. The highest BCUT2D eigenvalue weighted by Crippen LogP contribution is 2.18. The minimum Gasteiger partial charge on any atom is -0.409 e. The normalized spacial score (nSPS) is 13.1. The van der Waals surface area contributed by atoms with Crippen molar-refractivity contribution in [2.45, 2.75) is 19.0 Å². The van der Waals surface area contributed by atoms with Gasteiger partial charge in [0.2, 0.25) is 0 Å². The number of nitrogens with two attached hydrogens (primary N) is 1. The molecule has 2 rings (SSSR count). The summed E-state index contributed by atoms with van der Waals surface area (Å²) in [5.74, 6) is 0.214. The van der Waals surface area contributed by atoms with E-state index in [2.05, 4.69) is 38.5 Å². The number of rotatable bonds is 6. The number of nitrogens with one attached hydrogen (secondary N) is 1. The maximum absolute atomic E-state index is 8.78. The molecule has 2 aromatic carbocycles. The van der Waals surface area contributed by atoms with Crippen LogP contribution in [0.15, 0.2) is 64.2 Å². The van der Waals surface area contributed by atoms with Crippen LogP contribution in [0.5, 0.6) is 0 Å². The highest BCUT2D eigenvalue weighted by molar-refractivity contribution is 9.10. The summed E-state index contributed by atoms with van der Waals surface area (Å²) in [4.78, 5) is 0. The molecule has 4 nitrogen and oxygen atoms in total. The predicted octanol–water partition coefficient (Wildman–Crippen LogP) is 3.42. The number of hydrogen-bond acceptors (Lipinski definition) is 3. The molecule has 2 aromatic rings. The summed E-state index contributed by atoms with van der Waals surface area (Å²) in [5, 5.41) is 15.3. The molecule has 0 amide bonds. The molecule has 0 aliphatic carbocycles. The van der Waals surface area contributed by atoms with Crippen molar-refractivity contribution in [3.8, 4) is 0 Å². The number of nitrogens with zero attached hydrogens (tertiary/aromatic N) is 1. The first kappa shape index (κ1) is 15.5. The molecule has 0 saturated heterocycles. The van der Waals surface area contributed by atoms with Crippen molar-refractivity contribution in [1.29, 1.82) is 0 Å². The van der Waals surface area contributed by atoms with Crippen molar-refractivity contribution in [1.82, 2.24) is 5.32 Å². The van der Waals surface area contributed by atoms with Crippen molar-refractivity contribution in [3.63, 3.8) is 0 Å². The molecule has 0 aliphatic heterocycles. The third kappa shape index (κ3) is 4.88. The van der Waals surface area contributed by atoms with E-state index in [0.717, 1.165) is 10.0 Å².